The van der Waals surface area contributed by atoms with Gasteiger partial charge >= 0.3 is 0 Å². The molecule has 21 heavy (non-hydrogen) atoms. The van der Waals surface area contributed by atoms with Gasteiger partial charge in [-0.2, -0.15) is 4.98 Å². The molecule has 0 radical (unpaired) electrons. The second-order valence-corrected chi connectivity index (χ2v) is 5.65. The molecule has 0 amide bonds. The number of nitrogens with two attached hydrogens (primary N) is 1. The summed E-state index contributed by atoms with van der Waals surface area (Å²) in [6, 6.07) is 5.11. The van der Waals surface area contributed by atoms with Gasteiger partial charge in [0.15, 0.2) is 5.82 Å². The fraction of sp³-hybridized carbons (Fsp3) is 0.429. The molecule has 0 aliphatic heterocycles. The van der Waals surface area contributed by atoms with Gasteiger partial charge in [0, 0.05) is 5.56 Å². The van der Waals surface area contributed by atoms with Crippen LogP contribution in [0.2, 0.25) is 0 Å². The van der Waals surface area contributed by atoms with Gasteiger partial charge in [-0.1, -0.05) is 5.16 Å². The Morgan fingerprint density at radius 3 is 2.76 bits per heavy atom. The molecule has 0 aliphatic carbocycles. The molecule has 1 aromatic heterocycles. The van der Waals surface area contributed by atoms with Crippen LogP contribution in [0, 0.1) is 0 Å². The number of hydrogen-bond donors (Lipinski definition) is 1. The number of methoxy groups -OCH3 is 1. The van der Waals surface area contributed by atoms with Crippen LogP contribution in [0.5, 0.6) is 5.75 Å². The van der Waals surface area contributed by atoms with Crippen LogP contribution in [0.1, 0.15) is 25.7 Å². The van der Waals surface area contributed by atoms with Gasteiger partial charge in [-0.05, 0) is 48.0 Å². The van der Waals surface area contributed by atoms with Crippen LogP contribution in [0.3, 0.4) is 0 Å². The molecule has 0 bridgehead atoms. The minimum absolute atomic E-state index is 0.111. The third-order valence-electron chi connectivity index (χ3n) is 2.78. The molecule has 0 fully saturated rings. The van der Waals surface area contributed by atoms with E-state index in [1.54, 1.807) is 7.11 Å². The summed E-state index contributed by atoms with van der Waals surface area (Å²) in [6.07, 6.45) is 0.111. The minimum atomic E-state index is -0.411. The van der Waals surface area contributed by atoms with Crippen molar-refractivity contribution in [2.24, 2.45) is 5.73 Å². The molecule has 1 atom stereocenters. The molecule has 2 aromatic rings. The number of nitrogens with zero attached hydrogens (tertiary/aromatic N) is 2. The molecule has 1 aromatic carbocycles. The number of aromatic nitrogens is 2. The fourth-order valence-electron chi connectivity index (χ4n) is 1.67. The van der Waals surface area contributed by atoms with Gasteiger partial charge in [-0.15, -0.1) is 0 Å². The van der Waals surface area contributed by atoms with Crippen LogP contribution in [0.15, 0.2) is 27.2 Å². The Morgan fingerprint density at radius 2 is 2.14 bits per heavy atom. The molecule has 1 unspecified atom stereocenters. The molecule has 0 aliphatic rings. The summed E-state index contributed by atoms with van der Waals surface area (Å²) in [6.45, 7) is 4.25. The van der Waals surface area contributed by atoms with E-state index in [1.807, 2.05) is 32.0 Å². The normalized spacial score (nSPS) is 12.7. The Labute approximate surface area is 131 Å². The summed E-state index contributed by atoms with van der Waals surface area (Å²) in [5.41, 5.74) is 6.76. The lowest BCUT2D eigenvalue weighted by atomic mass is 10.2. The zero-order valence-corrected chi connectivity index (χ0v) is 13.8. The topological polar surface area (TPSA) is 83.4 Å². The predicted octanol–water partition coefficient (Wildman–Crippen LogP) is 2.93. The summed E-state index contributed by atoms with van der Waals surface area (Å²) >= 11 is 3.42. The van der Waals surface area contributed by atoms with E-state index in [4.69, 9.17) is 19.7 Å². The number of hydrogen-bond acceptors (Lipinski definition) is 6. The maximum atomic E-state index is 5.97. The molecule has 114 valence electrons. The van der Waals surface area contributed by atoms with Crippen LogP contribution in [-0.4, -0.2) is 30.0 Å². The quantitative estimate of drug-likeness (QED) is 0.857. The Kier molecular flexibility index (Phi) is 5.33. The highest BCUT2D eigenvalue weighted by Crippen LogP contribution is 2.30. The minimum Gasteiger partial charge on any atom is -0.496 e. The van der Waals surface area contributed by atoms with E-state index in [1.165, 1.54) is 0 Å². The van der Waals surface area contributed by atoms with Crippen LogP contribution >= 0.6 is 15.9 Å². The summed E-state index contributed by atoms with van der Waals surface area (Å²) in [5.74, 6) is 1.58. The molecule has 0 saturated carbocycles. The van der Waals surface area contributed by atoms with Crippen LogP contribution in [-0.2, 0) is 4.74 Å². The molecule has 2 rings (SSSR count). The lowest BCUT2D eigenvalue weighted by Gasteiger charge is -2.10. The predicted molar refractivity (Wildman–Crippen MR) is 82.0 cm³/mol. The molecule has 0 spiro atoms. The van der Waals surface area contributed by atoms with Crippen LogP contribution in [0.4, 0.5) is 0 Å². The van der Waals surface area contributed by atoms with Crippen LogP contribution < -0.4 is 10.5 Å². The van der Waals surface area contributed by atoms with E-state index in [2.05, 4.69) is 26.1 Å². The maximum absolute atomic E-state index is 5.97. The zero-order chi connectivity index (χ0) is 15.4. The average molecular weight is 356 g/mol. The van der Waals surface area contributed by atoms with E-state index < -0.39 is 6.04 Å². The Morgan fingerprint density at radius 1 is 1.38 bits per heavy atom. The smallest absolute Gasteiger partial charge is 0.258 e. The van der Waals surface area contributed by atoms with Crippen molar-refractivity contribution in [2.45, 2.75) is 26.0 Å². The Bertz CT molecular complexity index is 601. The van der Waals surface area contributed by atoms with Crippen LogP contribution in [0.25, 0.3) is 11.5 Å². The first-order valence-electron chi connectivity index (χ1n) is 6.56. The summed E-state index contributed by atoms with van der Waals surface area (Å²) in [7, 11) is 1.61. The summed E-state index contributed by atoms with van der Waals surface area (Å²) in [4.78, 5) is 4.31. The Hall–Kier alpha value is -1.44. The molecular formula is C14H18BrN3O3. The highest BCUT2D eigenvalue weighted by molar-refractivity contribution is 9.10. The highest BCUT2D eigenvalue weighted by Gasteiger charge is 2.16. The third kappa shape index (κ3) is 4.03. The molecule has 2 N–H and O–H groups in total. The summed E-state index contributed by atoms with van der Waals surface area (Å²) in [5, 5.41) is 3.91. The van der Waals surface area contributed by atoms with Gasteiger partial charge in [0.05, 0.1) is 30.3 Å². The van der Waals surface area contributed by atoms with Gasteiger partial charge in [-0.3, -0.25) is 0 Å². The van der Waals surface area contributed by atoms with Gasteiger partial charge < -0.3 is 19.7 Å². The molecule has 7 heteroatoms. The molecule has 0 saturated heterocycles. The highest BCUT2D eigenvalue weighted by atomic mass is 79.9. The number of ether oxygens (including phenoxy) is 2. The first-order chi connectivity index (χ1) is 10.0. The largest absolute Gasteiger partial charge is 0.496 e. The lowest BCUT2D eigenvalue weighted by molar-refractivity contribution is 0.0665. The van der Waals surface area contributed by atoms with Crippen molar-refractivity contribution in [2.75, 3.05) is 13.7 Å². The monoisotopic (exact) mass is 355 g/mol. The van der Waals surface area contributed by atoms with E-state index in [-0.39, 0.29) is 6.10 Å². The second-order valence-electron chi connectivity index (χ2n) is 4.80. The lowest BCUT2D eigenvalue weighted by Crippen LogP contribution is -2.20. The first kappa shape index (κ1) is 15.9. The molecule has 1 heterocycles. The van der Waals surface area contributed by atoms with Crippen molar-refractivity contribution in [3.05, 3.63) is 28.5 Å². The van der Waals surface area contributed by atoms with Crippen molar-refractivity contribution in [1.29, 1.82) is 0 Å². The molecule has 6 nitrogen and oxygen atoms in total. The summed E-state index contributed by atoms with van der Waals surface area (Å²) < 4.78 is 16.7. The van der Waals surface area contributed by atoms with E-state index in [0.29, 0.717) is 18.3 Å². The van der Waals surface area contributed by atoms with Crippen molar-refractivity contribution in [1.82, 2.24) is 10.1 Å². The second kappa shape index (κ2) is 7.02. The maximum Gasteiger partial charge on any atom is 0.258 e. The van der Waals surface area contributed by atoms with E-state index in [0.717, 1.165) is 15.8 Å². The van der Waals surface area contributed by atoms with Gasteiger partial charge in [-0.25, -0.2) is 0 Å². The average Bonchev–Trinajstić information content (AvgIpc) is 2.94. The van der Waals surface area contributed by atoms with Crippen molar-refractivity contribution < 1.29 is 14.0 Å². The zero-order valence-electron chi connectivity index (χ0n) is 12.2. The van der Waals surface area contributed by atoms with E-state index in [9.17, 15) is 0 Å². The van der Waals surface area contributed by atoms with Gasteiger partial charge in [0.2, 0.25) is 0 Å². The van der Waals surface area contributed by atoms with Crippen molar-refractivity contribution >= 4 is 15.9 Å². The third-order valence-corrected chi connectivity index (χ3v) is 3.40. The standard InChI is InChI=1S/C14H18BrN3O3/c1-8(2)20-7-11(16)13-17-14(21-18-13)9-4-5-12(19-3)10(15)6-9/h4-6,8,11H,7,16H2,1-3H3. The van der Waals surface area contributed by atoms with Crippen molar-refractivity contribution in [3.63, 3.8) is 0 Å². The molecular weight excluding hydrogens is 338 g/mol. The number of benzene rings is 1. The van der Waals surface area contributed by atoms with Gasteiger partial charge in [0.25, 0.3) is 5.89 Å². The Balaban J connectivity index is 2.14. The van der Waals surface area contributed by atoms with E-state index >= 15 is 0 Å². The van der Waals surface area contributed by atoms with Crippen molar-refractivity contribution in [3.8, 4) is 17.2 Å². The van der Waals surface area contributed by atoms with Gasteiger partial charge in [0.1, 0.15) is 5.75 Å². The SMILES string of the molecule is COc1ccc(-c2nc(C(N)COC(C)C)no2)cc1Br. The fourth-order valence-corrected chi connectivity index (χ4v) is 2.21. The number of halogens is 1. The number of rotatable bonds is 6. The first-order valence-corrected chi connectivity index (χ1v) is 7.35.